The Kier molecular flexibility index (Phi) is 4.19. The number of halogens is 3. The van der Waals surface area contributed by atoms with E-state index in [2.05, 4.69) is 0 Å². The van der Waals surface area contributed by atoms with Crippen molar-refractivity contribution in [3.05, 3.63) is 0 Å². The van der Waals surface area contributed by atoms with E-state index in [1.54, 1.807) is 6.92 Å². The minimum atomic E-state index is -4.24. The van der Waals surface area contributed by atoms with Gasteiger partial charge in [-0.25, -0.2) is 0 Å². The molecular formula is C7H14F3N3. The fraction of sp³-hybridized carbons (Fsp3) is 0.857. The third-order valence-electron chi connectivity index (χ3n) is 1.71. The highest BCUT2D eigenvalue weighted by Gasteiger charge is 2.32. The lowest BCUT2D eigenvalue weighted by atomic mass is 10.2. The van der Waals surface area contributed by atoms with E-state index >= 15 is 0 Å². The zero-order chi connectivity index (χ0) is 10.6. The van der Waals surface area contributed by atoms with Crippen LogP contribution in [-0.4, -0.2) is 36.5 Å². The molecular weight excluding hydrogens is 183 g/mol. The van der Waals surface area contributed by atoms with E-state index in [1.807, 2.05) is 0 Å². The standard InChI is InChI=1S/C7H14F3N3/c1-3-5(6(11)12)13(2)4-7(8,9)10/h5H,3-4H2,1-2H3,(H3,11,12). The largest absolute Gasteiger partial charge is 0.401 e. The van der Waals surface area contributed by atoms with Gasteiger partial charge in [0, 0.05) is 0 Å². The molecule has 3 N–H and O–H groups in total. The number of likely N-dealkylation sites (N-methyl/N-ethyl adjacent to an activating group) is 1. The van der Waals surface area contributed by atoms with Crippen LogP contribution in [0.2, 0.25) is 0 Å². The highest BCUT2D eigenvalue weighted by atomic mass is 19.4. The lowest BCUT2D eigenvalue weighted by Crippen LogP contribution is -2.45. The van der Waals surface area contributed by atoms with Crippen LogP contribution < -0.4 is 5.73 Å². The van der Waals surface area contributed by atoms with Gasteiger partial charge in [-0.15, -0.1) is 0 Å². The average Bonchev–Trinajstić information content (AvgIpc) is 1.82. The molecule has 0 rings (SSSR count). The van der Waals surface area contributed by atoms with Crippen LogP contribution in [0.5, 0.6) is 0 Å². The van der Waals surface area contributed by atoms with Crippen molar-refractivity contribution in [3.8, 4) is 0 Å². The van der Waals surface area contributed by atoms with Crippen molar-refractivity contribution in [2.75, 3.05) is 13.6 Å². The summed E-state index contributed by atoms with van der Waals surface area (Å²) >= 11 is 0. The maximum atomic E-state index is 11.9. The number of hydrogen-bond acceptors (Lipinski definition) is 2. The summed E-state index contributed by atoms with van der Waals surface area (Å²) < 4.78 is 35.7. The van der Waals surface area contributed by atoms with Gasteiger partial charge in [-0.3, -0.25) is 10.3 Å². The van der Waals surface area contributed by atoms with E-state index < -0.39 is 18.8 Å². The average molecular weight is 197 g/mol. The van der Waals surface area contributed by atoms with Crippen molar-refractivity contribution in [1.29, 1.82) is 5.41 Å². The lowest BCUT2D eigenvalue weighted by molar-refractivity contribution is -0.145. The first kappa shape index (κ1) is 12.2. The summed E-state index contributed by atoms with van der Waals surface area (Å²) in [6.45, 7) is 0.657. The van der Waals surface area contributed by atoms with E-state index in [-0.39, 0.29) is 5.84 Å². The molecule has 0 saturated carbocycles. The summed E-state index contributed by atoms with van der Waals surface area (Å²) in [7, 11) is 1.31. The molecule has 1 unspecified atom stereocenters. The zero-order valence-electron chi connectivity index (χ0n) is 7.65. The molecule has 0 radical (unpaired) electrons. The molecule has 13 heavy (non-hydrogen) atoms. The Morgan fingerprint density at radius 1 is 1.54 bits per heavy atom. The predicted octanol–water partition coefficient (Wildman–Crippen LogP) is 1.20. The highest BCUT2D eigenvalue weighted by Crippen LogP contribution is 2.17. The second-order valence-electron chi connectivity index (χ2n) is 2.91. The van der Waals surface area contributed by atoms with E-state index in [0.717, 1.165) is 4.90 Å². The Bertz CT molecular complexity index is 178. The van der Waals surface area contributed by atoms with Gasteiger partial charge in [0.05, 0.1) is 12.6 Å². The molecule has 0 saturated heterocycles. The van der Waals surface area contributed by atoms with E-state index in [0.29, 0.717) is 6.42 Å². The Morgan fingerprint density at radius 3 is 2.23 bits per heavy atom. The first-order valence-corrected chi connectivity index (χ1v) is 3.88. The van der Waals surface area contributed by atoms with Crippen molar-refractivity contribution in [2.24, 2.45) is 5.73 Å². The van der Waals surface area contributed by atoms with Crippen LogP contribution >= 0.6 is 0 Å². The van der Waals surface area contributed by atoms with Crippen molar-refractivity contribution in [1.82, 2.24) is 4.90 Å². The van der Waals surface area contributed by atoms with Gasteiger partial charge in [0.15, 0.2) is 0 Å². The first-order chi connectivity index (χ1) is 5.78. The minimum Gasteiger partial charge on any atom is -0.386 e. The highest BCUT2D eigenvalue weighted by molar-refractivity contribution is 5.82. The Balaban J connectivity index is 4.22. The fourth-order valence-electron chi connectivity index (χ4n) is 1.16. The van der Waals surface area contributed by atoms with E-state index in [9.17, 15) is 13.2 Å². The monoisotopic (exact) mass is 197 g/mol. The van der Waals surface area contributed by atoms with Gasteiger partial charge in [0.1, 0.15) is 5.84 Å². The van der Waals surface area contributed by atoms with E-state index in [4.69, 9.17) is 11.1 Å². The normalized spacial score (nSPS) is 14.6. The molecule has 0 aromatic heterocycles. The van der Waals surface area contributed by atoms with Gasteiger partial charge in [-0.2, -0.15) is 13.2 Å². The van der Waals surface area contributed by atoms with Crippen LogP contribution in [-0.2, 0) is 0 Å². The summed E-state index contributed by atoms with van der Waals surface area (Å²) in [6, 6.07) is -0.623. The molecule has 0 aliphatic heterocycles. The SMILES string of the molecule is CCC(C(=N)N)N(C)CC(F)(F)F. The molecule has 0 aliphatic carbocycles. The molecule has 0 spiro atoms. The minimum absolute atomic E-state index is 0.228. The number of nitrogens with two attached hydrogens (primary N) is 1. The molecule has 1 atom stereocenters. The van der Waals surface area contributed by atoms with Crippen LogP contribution in [0.4, 0.5) is 13.2 Å². The first-order valence-electron chi connectivity index (χ1n) is 3.88. The second kappa shape index (κ2) is 4.45. The van der Waals surface area contributed by atoms with Gasteiger partial charge in [0.25, 0.3) is 0 Å². The fourth-order valence-corrected chi connectivity index (χ4v) is 1.16. The van der Waals surface area contributed by atoms with Crippen molar-refractivity contribution in [3.63, 3.8) is 0 Å². The Hall–Kier alpha value is -0.780. The third-order valence-corrected chi connectivity index (χ3v) is 1.71. The van der Waals surface area contributed by atoms with Gasteiger partial charge < -0.3 is 5.73 Å². The maximum Gasteiger partial charge on any atom is 0.401 e. The maximum absolute atomic E-state index is 11.9. The smallest absolute Gasteiger partial charge is 0.386 e. The summed E-state index contributed by atoms with van der Waals surface area (Å²) in [5.74, 6) is -0.228. The molecule has 0 aliphatic rings. The third kappa shape index (κ3) is 4.72. The van der Waals surface area contributed by atoms with Crippen molar-refractivity contribution in [2.45, 2.75) is 25.6 Å². The molecule has 0 aromatic rings. The van der Waals surface area contributed by atoms with Crippen LogP contribution in [0.1, 0.15) is 13.3 Å². The number of amidine groups is 1. The van der Waals surface area contributed by atoms with Crippen LogP contribution in [0.25, 0.3) is 0 Å². The molecule has 0 aromatic carbocycles. The quantitative estimate of drug-likeness (QED) is 0.525. The summed E-state index contributed by atoms with van der Waals surface area (Å²) in [5, 5.41) is 7.06. The molecule has 0 heterocycles. The molecule has 6 heteroatoms. The van der Waals surface area contributed by atoms with Gasteiger partial charge in [-0.05, 0) is 13.5 Å². The van der Waals surface area contributed by atoms with Crippen LogP contribution in [0, 0.1) is 5.41 Å². The molecule has 78 valence electrons. The van der Waals surface area contributed by atoms with E-state index in [1.165, 1.54) is 7.05 Å². The summed E-state index contributed by atoms with van der Waals surface area (Å²) in [6.07, 6.45) is -3.83. The van der Waals surface area contributed by atoms with Gasteiger partial charge in [-0.1, -0.05) is 6.92 Å². The van der Waals surface area contributed by atoms with Crippen LogP contribution in [0.3, 0.4) is 0 Å². The summed E-state index contributed by atoms with van der Waals surface area (Å²) in [5.41, 5.74) is 5.14. The number of alkyl halides is 3. The van der Waals surface area contributed by atoms with Crippen molar-refractivity contribution < 1.29 is 13.2 Å². The lowest BCUT2D eigenvalue weighted by Gasteiger charge is -2.26. The molecule has 3 nitrogen and oxygen atoms in total. The predicted molar refractivity (Wildman–Crippen MR) is 44.7 cm³/mol. The van der Waals surface area contributed by atoms with Crippen LogP contribution in [0.15, 0.2) is 0 Å². The van der Waals surface area contributed by atoms with Gasteiger partial charge in [0.2, 0.25) is 0 Å². The molecule has 0 amide bonds. The zero-order valence-corrected chi connectivity index (χ0v) is 7.65. The second-order valence-corrected chi connectivity index (χ2v) is 2.91. The Labute approximate surface area is 75.2 Å². The molecule has 0 bridgehead atoms. The van der Waals surface area contributed by atoms with Crippen molar-refractivity contribution >= 4 is 5.84 Å². The number of hydrogen-bond donors (Lipinski definition) is 2. The Morgan fingerprint density at radius 2 is 2.00 bits per heavy atom. The summed E-state index contributed by atoms with van der Waals surface area (Å²) in [4.78, 5) is 1.03. The number of nitrogens with zero attached hydrogens (tertiary/aromatic N) is 1. The number of nitrogens with one attached hydrogen (secondary N) is 1. The van der Waals surface area contributed by atoms with Gasteiger partial charge >= 0.3 is 6.18 Å². The number of rotatable bonds is 4. The topological polar surface area (TPSA) is 53.1 Å². The molecule has 0 fully saturated rings.